The van der Waals surface area contributed by atoms with E-state index < -0.39 is 0 Å². The summed E-state index contributed by atoms with van der Waals surface area (Å²) in [4.78, 5) is 13.0. The predicted molar refractivity (Wildman–Crippen MR) is 52.0 cm³/mol. The quantitative estimate of drug-likeness (QED) is 0.707. The van der Waals surface area contributed by atoms with Crippen molar-refractivity contribution in [2.75, 3.05) is 32.8 Å². The molecule has 0 aromatic carbocycles. The fourth-order valence-corrected chi connectivity index (χ4v) is 1.48. The Morgan fingerprint density at radius 1 is 1.64 bits per heavy atom. The van der Waals surface area contributed by atoms with Gasteiger partial charge in [-0.15, -0.1) is 0 Å². The fourth-order valence-electron chi connectivity index (χ4n) is 1.48. The normalized spacial score (nSPS) is 21.3. The number of carbonyl (C=O) groups excluding carboxylic acids is 1. The summed E-state index contributed by atoms with van der Waals surface area (Å²) in [7, 11) is 0. The summed E-state index contributed by atoms with van der Waals surface area (Å²) in [5, 5.41) is 0. The molecule has 1 aliphatic heterocycles. The molecule has 2 N–H and O–H groups in total. The van der Waals surface area contributed by atoms with Crippen LogP contribution in [0, 0.1) is 0 Å². The first-order valence-corrected chi connectivity index (χ1v) is 5.01. The standard InChI is InChI=1S/C9H18N2O3/c1-2-13-9(12)11-5-3-8(7-11)14-6-4-10/h8H,2-7,10H2,1H3. The minimum atomic E-state index is -0.244. The maximum absolute atomic E-state index is 11.3. The van der Waals surface area contributed by atoms with Crippen molar-refractivity contribution in [2.24, 2.45) is 5.73 Å². The Kier molecular flexibility index (Phi) is 4.69. The van der Waals surface area contributed by atoms with Gasteiger partial charge in [-0.1, -0.05) is 0 Å². The highest BCUT2D eigenvalue weighted by Gasteiger charge is 2.27. The monoisotopic (exact) mass is 202 g/mol. The van der Waals surface area contributed by atoms with Gasteiger partial charge in [0.05, 0.1) is 25.9 Å². The topological polar surface area (TPSA) is 64.8 Å². The zero-order valence-corrected chi connectivity index (χ0v) is 8.57. The van der Waals surface area contributed by atoms with E-state index in [0.717, 1.165) is 6.42 Å². The highest BCUT2D eigenvalue weighted by Crippen LogP contribution is 2.13. The second kappa shape index (κ2) is 5.82. The molecule has 0 aromatic heterocycles. The SMILES string of the molecule is CCOC(=O)N1CCC(OCCN)C1. The van der Waals surface area contributed by atoms with E-state index in [0.29, 0.717) is 32.8 Å². The van der Waals surface area contributed by atoms with Crippen LogP contribution in [0.1, 0.15) is 13.3 Å². The van der Waals surface area contributed by atoms with Gasteiger partial charge in [-0.05, 0) is 13.3 Å². The summed E-state index contributed by atoms with van der Waals surface area (Å²) in [5.74, 6) is 0. The molecule has 0 spiro atoms. The molecule has 1 unspecified atom stereocenters. The van der Waals surface area contributed by atoms with Crippen molar-refractivity contribution >= 4 is 6.09 Å². The zero-order chi connectivity index (χ0) is 10.4. The number of carbonyl (C=O) groups is 1. The molecule has 1 heterocycles. The Balaban J connectivity index is 2.22. The van der Waals surface area contributed by atoms with Gasteiger partial charge in [0.15, 0.2) is 0 Å². The highest BCUT2D eigenvalue weighted by molar-refractivity contribution is 5.67. The number of hydrogen-bond acceptors (Lipinski definition) is 4. The van der Waals surface area contributed by atoms with Crippen molar-refractivity contribution in [3.8, 4) is 0 Å². The molecule has 14 heavy (non-hydrogen) atoms. The average Bonchev–Trinajstić information content (AvgIpc) is 2.63. The third-order valence-electron chi connectivity index (χ3n) is 2.14. The van der Waals surface area contributed by atoms with Gasteiger partial charge in [-0.3, -0.25) is 0 Å². The van der Waals surface area contributed by atoms with Crippen LogP contribution >= 0.6 is 0 Å². The van der Waals surface area contributed by atoms with Crippen LogP contribution in [0.4, 0.5) is 4.79 Å². The van der Waals surface area contributed by atoms with Crippen LogP contribution in [-0.4, -0.2) is 49.9 Å². The van der Waals surface area contributed by atoms with Crippen LogP contribution in [0.5, 0.6) is 0 Å². The lowest BCUT2D eigenvalue weighted by atomic mass is 10.3. The van der Waals surface area contributed by atoms with Crippen LogP contribution < -0.4 is 5.73 Å². The third-order valence-corrected chi connectivity index (χ3v) is 2.14. The lowest BCUT2D eigenvalue weighted by molar-refractivity contribution is 0.0603. The van der Waals surface area contributed by atoms with Gasteiger partial charge in [0.1, 0.15) is 0 Å². The molecule has 0 saturated carbocycles. The summed E-state index contributed by atoms with van der Waals surface area (Å²) >= 11 is 0. The molecule has 0 radical (unpaired) electrons. The smallest absolute Gasteiger partial charge is 0.409 e. The van der Waals surface area contributed by atoms with Crippen molar-refractivity contribution in [1.29, 1.82) is 0 Å². The Bertz CT molecular complexity index is 187. The lowest BCUT2D eigenvalue weighted by Crippen LogP contribution is -2.31. The van der Waals surface area contributed by atoms with Crippen molar-refractivity contribution < 1.29 is 14.3 Å². The number of likely N-dealkylation sites (tertiary alicyclic amines) is 1. The maximum Gasteiger partial charge on any atom is 0.409 e. The lowest BCUT2D eigenvalue weighted by Gasteiger charge is -2.15. The van der Waals surface area contributed by atoms with E-state index in [2.05, 4.69) is 0 Å². The molecule has 82 valence electrons. The molecule has 1 amide bonds. The van der Waals surface area contributed by atoms with E-state index in [1.165, 1.54) is 0 Å². The third kappa shape index (κ3) is 3.16. The van der Waals surface area contributed by atoms with Crippen molar-refractivity contribution in [3.05, 3.63) is 0 Å². The molecule has 0 bridgehead atoms. The number of amides is 1. The molecule has 0 aliphatic carbocycles. The molecular formula is C9H18N2O3. The van der Waals surface area contributed by atoms with Gasteiger partial charge >= 0.3 is 6.09 Å². The largest absolute Gasteiger partial charge is 0.450 e. The molecule has 1 atom stereocenters. The summed E-state index contributed by atoms with van der Waals surface area (Å²) in [6.45, 7) is 4.64. The fraction of sp³-hybridized carbons (Fsp3) is 0.889. The minimum absolute atomic E-state index is 0.128. The second-order valence-corrected chi connectivity index (χ2v) is 3.22. The number of nitrogens with two attached hydrogens (primary N) is 1. The molecule has 1 rings (SSSR count). The van der Waals surface area contributed by atoms with Crippen LogP contribution in [0.25, 0.3) is 0 Å². The van der Waals surface area contributed by atoms with Gasteiger partial charge in [-0.25, -0.2) is 4.79 Å². The van der Waals surface area contributed by atoms with Gasteiger partial charge < -0.3 is 20.1 Å². The van der Waals surface area contributed by atoms with E-state index >= 15 is 0 Å². The first-order valence-electron chi connectivity index (χ1n) is 5.01. The predicted octanol–water partition coefficient (Wildman–Crippen LogP) is 0.193. The minimum Gasteiger partial charge on any atom is -0.450 e. The number of rotatable bonds is 4. The van der Waals surface area contributed by atoms with Gasteiger partial charge in [-0.2, -0.15) is 0 Å². The zero-order valence-electron chi connectivity index (χ0n) is 8.57. The Morgan fingerprint density at radius 2 is 2.43 bits per heavy atom. The first kappa shape index (κ1) is 11.3. The second-order valence-electron chi connectivity index (χ2n) is 3.22. The van der Waals surface area contributed by atoms with E-state index in [4.69, 9.17) is 15.2 Å². The maximum atomic E-state index is 11.3. The molecular weight excluding hydrogens is 184 g/mol. The van der Waals surface area contributed by atoms with Crippen LogP contribution in [0.2, 0.25) is 0 Å². The molecule has 1 fully saturated rings. The van der Waals surface area contributed by atoms with Crippen molar-refractivity contribution in [1.82, 2.24) is 4.90 Å². The summed E-state index contributed by atoms with van der Waals surface area (Å²) < 4.78 is 10.3. The average molecular weight is 202 g/mol. The van der Waals surface area contributed by atoms with E-state index in [1.807, 2.05) is 0 Å². The van der Waals surface area contributed by atoms with Crippen molar-refractivity contribution in [2.45, 2.75) is 19.4 Å². The van der Waals surface area contributed by atoms with Gasteiger partial charge in [0.25, 0.3) is 0 Å². The number of hydrogen-bond donors (Lipinski definition) is 1. The molecule has 1 aliphatic rings. The molecule has 5 heteroatoms. The number of ether oxygens (including phenoxy) is 2. The van der Waals surface area contributed by atoms with Crippen LogP contribution in [0.3, 0.4) is 0 Å². The van der Waals surface area contributed by atoms with E-state index in [1.54, 1.807) is 11.8 Å². The summed E-state index contributed by atoms with van der Waals surface area (Å²) in [6, 6.07) is 0. The number of nitrogens with zero attached hydrogens (tertiary/aromatic N) is 1. The summed E-state index contributed by atoms with van der Waals surface area (Å²) in [5.41, 5.74) is 5.32. The Morgan fingerprint density at radius 3 is 3.07 bits per heavy atom. The van der Waals surface area contributed by atoms with Crippen molar-refractivity contribution in [3.63, 3.8) is 0 Å². The molecule has 5 nitrogen and oxygen atoms in total. The van der Waals surface area contributed by atoms with Crippen LogP contribution in [0.15, 0.2) is 0 Å². The first-order chi connectivity index (χ1) is 6.77. The Hall–Kier alpha value is -0.810. The molecule has 0 aromatic rings. The summed E-state index contributed by atoms with van der Waals surface area (Å²) in [6.07, 6.45) is 0.757. The molecule has 1 saturated heterocycles. The van der Waals surface area contributed by atoms with E-state index in [-0.39, 0.29) is 12.2 Å². The Labute approximate surface area is 84.1 Å². The van der Waals surface area contributed by atoms with Gasteiger partial charge in [0, 0.05) is 13.1 Å². The highest BCUT2D eigenvalue weighted by atomic mass is 16.6. The van der Waals surface area contributed by atoms with Gasteiger partial charge in [0.2, 0.25) is 0 Å². The van der Waals surface area contributed by atoms with E-state index in [9.17, 15) is 4.79 Å². The van der Waals surface area contributed by atoms with Crippen LogP contribution in [-0.2, 0) is 9.47 Å².